The Hall–Kier alpha value is -3.36. The summed E-state index contributed by atoms with van der Waals surface area (Å²) in [6.07, 6.45) is 0. The Morgan fingerprint density at radius 1 is 0.892 bits per heavy atom. The summed E-state index contributed by atoms with van der Waals surface area (Å²) in [5, 5.41) is 3.11. The van der Waals surface area contributed by atoms with E-state index in [9.17, 15) is 18.0 Å². The van der Waals surface area contributed by atoms with Crippen molar-refractivity contribution < 1.29 is 18.0 Å². The van der Waals surface area contributed by atoms with Crippen molar-refractivity contribution >= 4 is 39.1 Å². The fraction of sp³-hybridized carbons (Fsp3) is 0.286. The average Bonchev–Trinajstić information content (AvgIpc) is 2.90. The van der Waals surface area contributed by atoms with Crippen LogP contribution >= 0.6 is 11.6 Å². The number of likely N-dealkylation sites (N-methyl/N-ethyl adjacent to an activating group) is 1. The molecule has 3 aromatic rings. The number of benzene rings is 3. The Labute approximate surface area is 224 Å². The predicted molar refractivity (Wildman–Crippen MR) is 147 cm³/mol. The summed E-state index contributed by atoms with van der Waals surface area (Å²) in [6.45, 7) is 5.33. The number of anilines is 1. The highest BCUT2D eigenvalue weighted by molar-refractivity contribution is 7.92. The largest absolute Gasteiger partial charge is 0.357 e. The first-order valence-corrected chi connectivity index (χ1v) is 13.8. The average molecular weight is 542 g/mol. The van der Waals surface area contributed by atoms with Crippen molar-refractivity contribution in [3.63, 3.8) is 0 Å². The summed E-state index contributed by atoms with van der Waals surface area (Å²) in [7, 11) is -2.59. The van der Waals surface area contributed by atoms with Gasteiger partial charge in [0.1, 0.15) is 12.6 Å². The number of amides is 2. The highest BCUT2D eigenvalue weighted by atomic mass is 35.5. The lowest BCUT2D eigenvalue weighted by atomic mass is 10.0. The highest BCUT2D eigenvalue weighted by Gasteiger charge is 2.32. The second-order valence-corrected chi connectivity index (χ2v) is 11.3. The highest BCUT2D eigenvalue weighted by Crippen LogP contribution is 2.26. The van der Waals surface area contributed by atoms with E-state index in [-0.39, 0.29) is 23.3 Å². The van der Waals surface area contributed by atoms with Crippen LogP contribution in [0.15, 0.2) is 83.8 Å². The van der Waals surface area contributed by atoms with Gasteiger partial charge in [0, 0.05) is 18.6 Å². The fourth-order valence-electron chi connectivity index (χ4n) is 3.85. The molecule has 0 heterocycles. The van der Waals surface area contributed by atoms with Gasteiger partial charge < -0.3 is 10.2 Å². The zero-order valence-corrected chi connectivity index (χ0v) is 23.0. The SMILES string of the molecule is CNC(=O)[C@H](C)N(Cc1ccc(Cl)cc1)C(=O)CN(c1ccc(C(C)C)cc1)S(=O)(=O)c1ccccc1. The molecule has 9 heteroatoms. The molecule has 0 aromatic heterocycles. The first kappa shape index (κ1) is 28.2. The van der Waals surface area contributed by atoms with Gasteiger partial charge in [-0.2, -0.15) is 0 Å². The molecule has 0 aliphatic rings. The molecule has 0 unspecified atom stereocenters. The van der Waals surface area contributed by atoms with E-state index in [1.54, 1.807) is 61.5 Å². The summed E-state index contributed by atoms with van der Waals surface area (Å²) in [4.78, 5) is 27.7. The molecular weight excluding hydrogens is 510 g/mol. The Balaban J connectivity index is 2.02. The molecule has 1 N–H and O–H groups in total. The van der Waals surface area contributed by atoms with Crippen molar-refractivity contribution in [2.75, 3.05) is 17.9 Å². The molecule has 0 bridgehead atoms. The fourth-order valence-corrected chi connectivity index (χ4v) is 5.41. The predicted octanol–water partition coefficient (Wildman–Crippen LogP) is 4.82. The summed E-state index contributed by atoms with van der Waals surface area (Å²) in [5.74, 6) is -0.613. The molecule has 0 saturated carbocycles. The maximum atomic E-state index is 13.7. The van der Waals surface area contributed by atoms with E-state index < -0.39 is 28.5 Å². The van der Waals surface area contributed by atoms with Crippen LogP contribution in [0.2, 0.25) is 5.02 Å². The van der Waals surface area contributed by atoms with Crippen LogP contribution in [0.3, 0.4) is 0 Å². The van der Waals surface area contributed by atoms with E-state index in [1.807, 2.05) is 26.0 Å². The van der Waals surface area contributed by atoms with Crippen LogP contribution in [-0.2, 0) is 26.2 Å². The summed E-state index contributed by atoms with van der Waals surface area (Å²) >= 11 is 6.00. The zero-order chi connectivity index (χ0) is 27.2. The van der Waals surface area contributed by atoms with E-state index in [2.05, 4.69) is 5.32 Å². The zero-order valence-electron chi connectivity index (χ0n) is 21.4. The van der Waals surface area contributed by atoms with E-state index in [0.29, 0.717) is 10.7 Å². The molecule has 196 valence electrons. The Morgan fingerprint density at radius 3 is 2.03 bits per heavy atom. The standard InChI is InChI=1S/C28H32ClN3O4S/c1-20(2)23-12-16-25(17-13-23)32(37(35,36)26-8-6-5-7-9-26)19-27(33)31(21(3)28(34)30-4)18-22-10-14-24(29)15-11-22/h5-17,20-21H,18-19H2,1-4H3,(H,30,34)/t21-/m0/s1. The van der Waals surface area contributed by atoms with Gasteiger partial charge in [-0.3, -0.25) is 13.9 Å². The molecule has 3 rings (SSSR count). The van der Waals surface area contributed by atoms with Gasteiger partial charge in [-0.05, 0) is 60.4 Å². The molecular formula is C28H32ClN3O4S. The minimum atomic E-state index is -4.08. The van der Waals surface area contributed by atoms with Crippen molar-refractivity contribution in [1.29, 1.82) is 0 Å². The normalized spacial score (nSPS) is 12.2. The van der Waals surface area contributed by atoms with Crippen LogP contribution in [0.4, 0.5) is 5.69 Å². The number of nitrogens with one attached hydrogen (secondary N) is 1. The molecule has 0 radical (unpaired) electrons. The first-order chi connectivity index (χ1) is 17.5. The third kappa shape index (κ3) is 6.90. The van der Waals surface area contributed by atoms with Crippen LogP contribution < -0.4 is 9.62 Å². The number of hydrogen-bond donors (Lipinski definition) is 1. The van der Waals surface area contributed by atoms with E-state index in [1.165, 1.54) is 24.1 Å². The van der Waals surface area contributed by atoms with Crippen molar-refractivity contribution in [3.8, 4) is 0 Å². The molecule has 0 aliphatic heterocycles. The van der Waals surface area contributed by atoms with Gasteiger partial charge in [0.2, 0.25) is 11.8 Å². The quantitative estimate of drug-likeness (QED) is 0.398. The summed E-state index contributed by atoms with van der Waals surface area (Å²) in [5.41, 5.74) is 2.16. The van der Waals surface area contributed by atoms with Crippen LogP contribution in [0, 0.1) is 0 Å². The van der Waals surface area contributed by atoms with Crippen LogP contribution in [0.25, 0.3) is 0 Å². The summed E-state index contributed by atoms with van der Waals surface area (Å²) < 4.78 is 28.6. The number of rotatable bonds is 10. The molecule has 0 aliphatic carbocycles. The van der Waals surface area contributed by atoms with Crippen molar-refractivity contribution in [2.45, 2.75) is 44.2 Å². The van der Waals surface area contributed by atoms with Crippen LogP contribution in [-0.4, -0.2) is 44.8 Å². The summed E-state index contributed by atoms with van der Waals surface area (Å²) in [6, 6.07) is 21.2. The van der Waals surface area contributed by atoms with Crippen LogP contribution in [0.5, 0.6) is 0 Å². The molecule has 2 amide bonds. The van der Waals surface area contributed by atoms with E-state index >= 15 is 0 Å². The lowest BCUT2D eigenvalue weighted by Gasteiger charge is -2.32. The number of hydrogen-bond acceptors (Lipinski definition) is 4. The number of halogens is 1. The van der Waals surface area contributed by atoms with Gasteiger partial charge in [0.15, 0.2) is 0 Å². The Kier molecular flexibility index (Phi) is 9.34. The number of carbonyl (C=O) groups excluding carboxylic acids is 2. The maximum Gasteiger partial charge on any atom is 0.264 e. The van der Waals surface area contributed by atoms with Gasteiger partial charge in [0.25, 0.3) is 10.0 Å². The second kappa shape index (κ2) is 12.3. The number of carbonyl (C=O) groups is 2. The number of nitrogens with zero attached hydrogens (tertiary/aromatic N) is 2. The molecule has 7 nitrogen and oxygen atoms in total. The van der Waals surface area contributed by atoms with Gasteiger partial charge >= 0.3 is 0 Å². The molecule has 0 saturated heterocycles. The molecule has 0 spiro atoms. The topological polar surface area (TPSA) is 86.8 Å². The number of sulfonamides is 1. The van der Waals surface area contributed by atoms with Crippen molar-refractivity contribution in [2.24, 2.45) is 0 Å². The third-order valence-electron chi connectivity index (χ3n) is 6.14. The lowest BCUT2D eigenvalue weighted by Crippen LogP contribution is -2.50. The maximum absolute atomic E-state index is 13.7. The minimum Gasteiger partial charge on any atom is -0.357 e. The lowest BCUT2D eigenvalue weighted by molar-refractivity contribution is -0.139. The van der Waals surface area contributed by atoms with E-state index in [4.69, 9.17) is 11.6 Å². The van der Waals surface area contributed by atoms with Crippen molar-refractivity contribution in [1.82, 2.24) is 10.2 Å². The van der Waals surface area contributed by atoms with Gasteiger partial charge in [-0.1, -0.05) is 67.9 Å². The Morgan fingerprint density at radius 2 is 1.49 bits per heavy atom. The molecule has 0 fully saturated rings. The van der Waals surface area contributed by atoms with Gasteiger partial charge in [0.05, 0.1) is 10.6 Å². The van der Waals surface area contributed by atoms with Gasteiger partial charge in [-0.25, -0.2) is 8.42 Å². The second-order valence-electron chi connectivity index (χ2n) is 9.01. The minimum absolute atomic E-state index is 0.0688. The van der Waals surface area contributed by atoms with Crippen molar-refractivity contribution in [3.05, 3.63) is 95.0 Å². The monoisotopic (exact) mass is 541 g/mol. The molecule has 37 heavy (non-hydrogen) atoms. The van der Waals surface area contributed by atoms with E-state index in [0.717, 1.165) is 15.4 Å². The molecule has 1 atom stereocenters. The third-order valence-corrected chi connectivity index (χ3v) is 8.18. The Bertz CT molecular complexity index is 1310. The molecule has 3 aromatic carbocycles. The van der Waals surface area contributed by atoms with Gasteiger partial charge in [-0.15, -0.1) is 0 Å². The smallest absolute Gasteiger partial charge is 0.264 e. The van der Waals surface area contributed by atoms with Crippen LogP contribution in [0.1, 0.15) is 37.8 Å². The first-order valence-electron chi connectivity index (χ1n) is 12.0.